The van der Waals surface area contributed by atoms with Crippen LogP contribution in [0.25, 0.3) is 0 Å². The van der Waals surface area contributed by atoms with Gasteiger partial charge in [0, 0.05) is 30.1 Å². The number of ether oxygens (including phenoxy) is 1. The SMILES string of the molecule is Cc1noc(C)c1CC(=O)NC[C@@H](c1cccs1)N1CCOCC1. The maximum Gasteiger partial charge on any atom is 0.224 e. The first kappa shape index (κ1) is 17.1. The second kappa shape index (κ2) is 7.92. The summed E-state index contributed by atoms with van der Waals surface area (Å²) in [5.74, 6) is 0.713. The van der Waals surface area contributed by atoms with E-state index in [0.29, 0.717) is 18.7 Å². The summed E-state index contributed by atoms with van der Waals surface area (Å²) >= 11 is 1.73. The molecule has 1 saturated heterocycles. The average Bonchev–Trinajstić information content (AvgIpc) is 3.22. The molecule has 3 rings (SSSR count). The van der Waals surface area contributed by atoms with Crippen molar-refractivity contribution in [3.05, 3.63) is 39.4 Å². The molecule has 0 saturated carbocycles. The Morgan fingerprint density at radius 1 is 1.42 bits per heavy atom. The molecule has 0 bridgehead atoms. The first-order valence-corrected chi connectivity index (χ1v) is 9.06. The van der Waals surface area contributed by atoms with Gasteiger partial charge in [0.1, 0.15) is 5.76 Å². The fourth-order valence-electron chi connectivity index (χ4n) is 2.97. The number of aryl methyl sites for hydroxylation is 2. The molecule has 0 unspecified atom stereocenters. The Hall–Kier alpha value is -1.70. The molecule has 1 aliphatic rings. The number of aromatic nitrogens is 1. The quantitative estimate of drug-likeness (QED) is 0.865. The lowest BCUT2D eigenvalue weighted by molar-refractivity contribution is -0.120. The highest BCUT2D eigenvalue weighted by Gasteiger charge is 2.24. The zero-order valence-corrected chi connectivity index (χ0v) is 14.9. The molecule has 0 aliphatic carbocycles. The molecule has 0 aromatic carbocycles. The minimum absolute atomic E-state index is 0.000726. The molecule has 130 valence electrons. The fourth-order valence-corrected chi connectivity index (χ4v) is 3.83. The number of thiophene rings is 1. The number of nitrogens with one attached hydrogen (secondary N) is 1. The largest absolute Gasteiger partial charge is 0.379 e. The number of rotatable bonds is 6. The Morgan fingerprint density at radius 3 is 2.83 bits per heavy atom. The standard InChI is InChI=1S/C17H23N3O3S/c1-12-14(13(2)23-19-12)10-17(21)18-11-15(16-4-3-9-24-16)20-5-7-22-8-6-20/h3-4,9,15H,5-8,10-11H2,1-2H3,(H,18,21)/t15-/m0/s1. The van der Waals surface area contributed by atoms with Gasteiger partial charge in [0.25, 0.3) is 0 Å². The van der Waals surface area contributed by atoms with Gasteiger partial charge in [-0.1, -0.05) is 11.2 Å². The maximum atomic E-state index is 12.4. The summed E-state index contributed by atoms with van der Waals surface area (Å²) < 4.78 is 10.6. The molecule has 1 amide bonds. The van der Waals surface area contributed by atoms with Gasteiger partial charge in [-0.05, 0) is 25.3 Å². The minimum Gasteiger partial charge on any atom is -0.379 e. The molecule has 1 N–H and O–H groups in total. The normalized spacial score (nSPS) is 16.9. The fraction of sp³-hybridized carbons (Fsp3) is 0.529. The van der Waals surface area contributed by atoms with Crippen LogP contribution in [-0.2, 0) is 16.0 Å². The van der Waals surface area contributed by atoms with Gasteiger partial charge in [-0.2, -0.15) is 0 Å². The van der Waals surface area contributed by atoms with Gasteiger partial charge in [0.15, 0.2) is 0 Å². The predicted octanol–water partition coefficient (Wildman–Crippen LogP) is 2.09. The van der Waals surface area contributed by atoms with Crippen LogP contribution >= 0.6 is 11.3 Å². The van der Waals surface area contributed by atoms with Gasteiger partial charge >= 0.3 is 0 Å². The van der Waals surface area contributed by atoms with E-state index >= 15 is 0 Å². The van der Waals surface area contributed by atoms with Crippen molar-refractivity contribution >= 4 is 17.2 Å². The molecule has 7 heteroatoms. The summed E-state index contributed by atoms with van der Waals surface area (Å²) in [5.41, 5.74) is 1.66. The molecule has 2 aromatic heterocycles. The highest BCUT2D eigenvalue weighted by molar-refractivity contribution is 7.10. The van der Waals surface area contributed by atoms with Gasteiger partial charge in [-0.3, -0.25) is 9.69 Å². The lowest BCUT2D eigenvalue weighted by Gasteiger charge is -2.34. The Kier molecular flexibility index (Phi) is 5.65. The van der Waals surface area contributed by atoms with E-state index in [1.807, 2.05) is 13.8 Å². The molecule has 6 nitrogen and oxygen atoms in total. The van der Waals surface area contributed by atoms with Gasteiger partial charge in [-0.25, -0.2) is 0 Å². The van der Waals surface area contributed by atoms with Crippen molar-refractivity contribution in [3.8, 4) is 0 Å². The van der Waals surface area contributed by atoms with E-state index < -0.39 is 0 Å². The average molecular weight is 349 g/mol. The van der Waals surface area contributed by atoms with E-state index in [9.17, 15) is 4.79 Å². The van der Waals surface area contributed by atoms with Crippen LogP contribution in [-0.4, -0.2) is 48.8 Å². The topological polar surface area (TPSA) is 67.6 Å². The third-order valence-corrected chi connectivity index (χ3v) is 5.34. The highest BCUT2D eigenvalue weighted by atomic mass is 32.1. The number of hydrogen-bond acceptors (Lipinski definition) is 6. The number of carbonyl (C=O) groups excluding carboxylic acids is 1. The van der Waals surface area contributed by atoms with E-state index in [4.69, 9.17) is 9.26 Å². The van der Waals surface area contributed by atoms with Crippen molar-refractivity contribution in [1.29, 1.82) is 0 Å². The van der Waals surface area contributed by atoms with Gasteiger partial charge in [-0.15, -0.1) is 11.3 Å². The molecule has 1 fully saturated rings. The van der Waals surface area contributed by atoms with Crippen LogP contribution in [0.15, 0.2) is 22.0 Å². The first-order chi connectivity index (χ1) is 11.6. The van der Waals surface area contributed by atoms with Crippen LogP contribution in [0.2, 0.25) is 0 Å². The van der Waals surface area contributed by atoms with Crippen molar-refractivity contribution < 1.29 is 14.1 Å². The lowest BCUT2D eigenvalue weighted by atomic mass is 10.1. The van der Waals surface area contributed by atoms with Crippen molar-refractivity contribution in [2.24, 2.45) is 0 Å². The number of morpholine rings is 1. The van der Waals surface area contributed by atoms with Crippen LogP contribution in [0.4, 0.5) is 0 Å². The first-order valence-electron chi connectivity index (χ1n) is 8.19. The minimum atomic E-state index is -0.000726. The number of nitrogens with zero attached hydrogens (tertiary/aromatic N) is 2. The lowest BCUT2D eigenvalue weighted by Crippen LogP contribution is -2.43. The Labute approximate surface area is 145 Å². The van der Waals surface area contributed by atoms with E-state index in [0.717, 1.165) is 37.6 Å². The van der Waals surface area contributed by atoms with E-state index in [2.05, 4.69) is 32.9 Å². The van der Waals surface area contributed by atoms with Crippen molar-refractivity contribution in [1.82, 2.24) is 15.4 Å². The molecule has 0 spiro atoms. The molecule has 24 heavy (non-hydrogen) atoms. The van der Waals surface area contributed by atoms with E-state index in [1.165, 1.54) is 4.88 Å². The monoisotopic (exact) mass is 349 g/mol. The Bertz CT molecular complexity index is 643. The van der Waals surface area contributed by atoms with Crippen LogP contribution in [0.5, 0.6) is 0 Å². The third-order valence-electron chi connectivity index (χ3n) is 4.37. The molecular weight excluding hydrogens is 326 g/mol. The smallest absolute Gasteiger partial charge is 0.224 e. The second-order valence-electron chi connectivity index (χ2n) is 5.96. The molecule has 1 aliphatic heterocycles. The van der Waals surface area contributed by atoms with Crippen LogP contribution in [0.1, 0.15) is 27.9 Å². The van der Waals surface area contributed by atoms with Crippen LogP contribution in [0.3, 0.4) is 0 Å². The maximum absolute atomic E-state index is 12.4. The summed E-state index contributed by atoms with van der Waals surface area (Å²) in [6.07, 6.45) is 0.307. The molecule has 3 heterocycles. The van der Waals surface area contributed by atoms with Gasteiger partial charge < -0.3 is 14.6 Å². The molecule has 1 atom stereocenters. The van der Waals surface area contributed by atoms with Crippen molar-refractivity contribution in [3.63, 3.8) is 0 Å². The third kappa shape index (κ3) is 4.03. The summed E-state index contributed by atoms with van der Waals surface area (Å²) in [7, 11) is 0. The van der Waals surface area contributed by atoms with Crippen molar-refractivity contribution in [2.45, 2.75) is 26.3 Å². The highest BCUT2D eigenvalue weighted by Crippen LogP contribution is 2.25. The summed E-state index contributed by atoms with van der Waals surface area (Å²) in [5, 5.41) is 9.06. The van der Waals surface area contributed by atoms with Gasteiger partial charge in [0.05, 0.1) is 31.4 Å². The summed E-state index contributed by atoms with van der Waals surface area (Å²) in [4.78, 5) is 16.0. The number of carbonyl (C=O) groups is 1. The zero-order valence-electron chi connectivity index (χ0n) is 14.1. The molecular formula is C17H23N3O3S. The van der Waals surface area contributed by atoms with Crippen LogP contribution < -0.4 is 5.32 Å². The number of hydrogen-bond donors (Lipinski definition) is 1. The zero-order chi connectivity index (χ0) is 16.9. The summed E-state index contributed by atoms with van der Waals surface area (Å²) in [6.45, 7) is 7.57. The Balaban J connectivity index is 1.62. The van der Waals surface area contributed by atoms with Crippen molar-refractivity contribution in [2.75, 3.05) is 32.8 Å². The predicted molar refractivity (Wildman–Crippen MR) is 92.1 cm³/mol. The van der Waals surface area contributed by atoms with E-state index in [-0.39, 0.29) is 11.9 Å². The summed E-state index contributed by atoms with van der Waals surface area (Å²) in [6, 6.07) is 4.38. The Morgan fingerprint density at radius 2 is 2.21 bits per heavy atom. The molecule has 0 radical (unpaired) electrons. The second-order valence-corrected chi connectivity index (χ2v) is 6.94. The van der Waals surface area contributed by atoms with E-state index in [1.54, 1.807) is 11.3 Å². The van der Waals surface area contributed by atoms with Crippen LogP contribution in [0, 0.1) is 13.8 Å². The molecule has 2 aromatic rings. The van der Waals surface area contributed by atoms with Gasteiger partial charge in [0.2, 0.25) is 5.91 Å². The number of amides is 1.